The molecule has 0 N–H and O–H groups in total. The molecule has 20 heavy (non-hydrogen) atoms. The number of aromatic nitrogens is 1. The van der Waals surface area contributed by atoms with Crippen LogP contribution in [0, 0.1) is 0 Å². The molecule has 0 atom stereocenters. The lowest BCUT2D eigenvalue weighted by atomic mass is 10.1. The Morgan fingerprint density at radius 3 is 2.80 bits per heavy atom. The van der Waals surface area contributed by atoms with Gasteiger partial charge >= 0.3 is 11.9 Å². The molecule has 3 rings (SSSR count). The number of nitrogens with zero attached hydrogens (tertiary/aromatic N) is 1. The molecule has 1 aromatic heterocycles. The van der Waals surface area contributed by atoms with Crippen molar-refractivity contribution in [3.63, 3.8) is 0 Å². The van der Waals surface area contributed by atoms with E-state index in [0.717, 1.165) is 16.3 Å². The maximum Gasteiger partial charge on any atom is 0.394 e. The third-order valence-corrected chi connectivity index (χ3v) is 2.99. The maximum absolute atomic E-state index is 11.5. The number of oxazole rings is 1. The van der Waals surface area contributed by atoms with E-state index in [1.807, 2.05) is 42.5 Å². The van der Waals surface area contributed by atoms with E-state index in [4.69, 9.17) is 9.15 Å². The zero-order valence-electron chi connectivity index (χ0n) is 11.0. The van der Waals surface area contributed by atoms with Crippen LogP contribution in [0.1, 0.15) is 17.6 Å². The van der Waals surface area contributed by atoms with Crippen LogP contribution in [-0.2, 0) is 4.74 Å². The highest BCUT2D eigenvalue weighted by Crippen LogP contribution is 2.25. The van der Waals surface area contributed by atoms with Crippen molar-refractivity contribution < 1.29 is 13.9 Å². The van der Waals surface area contributed by atoms with Gasteiger partial charge in [0, 0.05) is 5.56 Å². The zero-order chi connectivity index (χ0) is 13.9. The van der Waals surface area contributed by atoms with Gasteiger partial charge in [0.2, 0.25) is 0 Å². The van der Waals surface area contributed by atoms with Crippen LogP contribution in [0.25, 0.3) is 22.1 Å². The Morgan fingerprint density at radius 2 is 2.00 bits per heavy atom. The molecule has 100 valence electrons. The van der Waals surface area contributed by atoms with Gasteiger partial charge in [0.25, 0.3) is 0 Å². The van der Waals surface area contributed by atoms with Gasteiger partial charge in [-0.3, -0.25) is 0 Å². The molecule has 0 aliphatic rings. The van der Waals surface area contributed by atoms with Gasteiger partial charge in [-0.15, -0.1) is 0 Å². The average molecular weight is 267 g/mol. The standard InChI is InChI=1S/C16H13NO3/c1-2-19-16(18)15-17-10-14(20-15)13-8-7-11-5-3-4-6-12(11)9-13/h3-10H,2H2,1H3. The molecule has 0 saturated carbocycles. The van der Waals surface area contributed by atoms with Crippen LogP contribution < -0.4 is 0 Å². The fourth-order valence-corrected chi connectivity index (χ4v) is 2.04. The highest BCUT2D eigenvalue weighted by Gasteiger charge is 2.15. The lowest BCUT2D eigenvalue weighted by Crippen LogP contribution is -2.04. The summed E-state index contributed by atoms with van der Waals surface area (Å²) in [4.78, 5) is 15.5. The summed E-state index contributed by atoms with van der Waals surface area (Å²) < 4.78 is 10.3. The molecule has 0 aliphatic carbocycles. The van der Waals surface area contributed by atoms with E-state index in [1.54, 1.807) is 6.92 Å². The van der Waals surface area contributed by atoms with Crippen molar-refractivity contribution in [3.8, 4) is 11.3 Å². The maximum atomic E-state index is 11.5. The summed E-state index contributed by atoms with van der Waals surface area (Å²) in [6, 6.07) is 14.0. The Kier molecular flexibility index (Phi) is 3.21. The summed E-state index contributed by atoms with van der Waals surface area (Å²) in [6.45, 7) is 2.04. The molecule has 0 amide bonds. The van der Waals surface area contributed by atoms with Gasteiger partial charge in [0.1, 0.15) is 0 Å². The van der Waals surface area contributed by atoms with E-state index in [1.165, 1.54) is 6.20 Å². The Morgan fingerprint density at radius 1 is 1.20 bits per heavy atom. The van der Waals surface area contributed by atoms with Gasteiger partial charge in [0.05, 0.1) is 12.8 Å². The van der Waals surface area contributed by atoms with Crippen LogP contribution >= 0.6 is 0 Å². The summed E-state index contributed by atoms with van der Waals surface area (Å²) >= 11 is 0. The molecular weight excluding hydrogens is 254 g/mol. The topological polar surface area (TPSA) is 52.3 Å². The second-order valence-electron chi connectivity index (χ2n) is 4.31. The number of rotatable bonds is 3. The average Bonchev–Trinajstić information content (AvgIpc) is 2.97. The van der Waals surface area contributed by atoms with Crippen molar-refractivity contribution in [1.82, 2.24) is 4.98 Å². The molecule has 0 bridgehead atoms. The van der Waals surface area contributed by atoms with Crippen molar-refractivity contribution in [2.24, 2.45) is 0 Å². The Balaban J connectivity index is 1.96. The minimum absolute atomic E-state index is 0.0185. The monoisotopic (exact) mass is 267 g/mol. The predicted molar refractivity (Wildman–Crippen MR) is 75.4 cm³/mol. The molecule has 3 aromatic rings. The number of benzene rings is 2. The SMILES string of the molecule is CCOC(=O)c1ncc(-c2ccc3ccccc3c2)o1. The smallest absolute Gasteiger partial charge is 0.394 e. The van der Waals surface area contributed by atoms with Crippen LogP contribution in [0.4, 0.5) is 0 Å². The van der Waals surface area contributed by atoms with E-state index in [2.05, 4.69) is 4.98 Å². The summed E-state index contributed by atoms with van der Waals surface area (Å²) in [6.07, 6.45) is 1.54. The second kappa shape index (κ2) is 5.17. The summed E-state index contributed by atoms with van der Waals surface area (Å²) in [5.41, 5.74) is 0.881. The van der Waals surface area contributed by atoms with Gasteiger partial charge in [0.15, 0.2) is 5.76 Å². The Labute approximate surface area is 116 Å². The van der Waals surface area contributed by atoms with Gasteiger partial charge in [-0.05, 0) is 23.8 Å². The Bertz CT molecular complexity index is 761. The molecule has 4 heteroatoms. The summed E-state index contributed by atoms with van der Waals surface area (Å²) in [5, 5.41) is 2.26. The predicted octanol–water partition coefficient (Wildman–Crippen LogP) is 3.67. The third-order valence-electron chi connectivity index (χ3n) is 2.99. The lowest BCUT2D eigenvalue weighted by Gasteiger charge is -2.00. The molecule has 4 nitrogen and oxygen atoms in total. The van der Waals surface area contributed by atoms with Crippen LogP contribution in [-0.4, -0.2) is 17.6 Å². The minimum atomic E-state index is -0.542. The number of hydrogen-bond donors (Lipinski definition) is 0. The first kappa shape index (κ1) is 12.4. The number of hydrogen-bond acceptors (Lipinski definition) is 4. The molecule has 0 spiro atoms. The van der Waals surface area contributed by atoms with E-state index < -0.39 is 5.97 Å². The van der Waals surface area contributed by atoms with E-state index in [-0.39, 0.29) is 5.89 Å². The number of carbonyl (C=O) groups is 1. The van der Waals surface area contributed by atoms with Gasteiger partial charge in [-0.25, -0.2) is 9.78 Å². The van der Waals surface area contributed by atoms with Crippen molar-refractivity contribution in [2.45, 2.75) is 6.92 Å². The van der Waals surface area contributed by atoms with Gasteiger partial charge in [-0.2, -0.15) is 0 Å². The lowest BCUT2D eigenvalue weighted by molar-refractivity contribution is 0.0482. The molecule has 0 aliphatic heterocycles. The molecular formula is C16H13NO3. The third kappa shape index (κ3) is 2.28. The molecule has 0 unspecified atom stereocenters. The van der Waals surface area contributed by atoms with E-state index in [9.17, 15) is 4.79 Å². The molecule has 0 radical (unpaired) electrons. The largest absolute Gasteiger partial charge is 0.459 e. The van der Waals surface area contributed by atoms with Crippen molar-refractivity contribution in [2.75, 3.05) is 6.61 Å². The molecule has 0 fully saturated rings. The first-order valence-electron chi connectivity index (χ1n) is 6.40. The van der Waals surface area contributed by atoms with E-state index in [0.29, 0.717) is 12.4 Å². The molecule has 1 heterocycles. The highest BCUT2D eigenvalue weighted by atomic mass is 16.5. The first-order chi connectivity index (χ1) is 9.78. The quantitative estimate of drug-likeness (QED) is 0.679. The fourth-order valence-electron chi connectivity index (χ4n) is 2.04. The van der Waals surface area contributed by atoms with Gasteiger partial charge < -0.3 is 9.15 Å². The van der Waals surface area contributed by atoms with Crippen LogP contribution in [0.3, 0.4) is 0 Å². The van der Waals surface area contributed by atoms with Crippen LogP contribution in [0.5, 0.6) is 0 Å². The molecule has 2 aromatic carbocycles. The second-order valence-corrected chi connectivity index (χ2v) is 4.31. The van der Waals surface area contributed by atoms with Crippen LogP contribution in [0.2, 0.25) is 0 Å². The number of ether oxygens (including phenoxy) is 1. The zero-order valence-corrected chi connectivity index (χ0v) is 11.0. The number of carbonyl (C=O) groups excluding carboxylic acids is 1. The van der Waals surface area contributed by atoms with Crippen molar-refractivity contribution in [1.29, 1.82) is 0 Å². The molecule has 0 saturated heterocycles. The van der Waals surface area contributed by atoms with Crippen molar-refractivity contribution in [3.05, 3.63) is 54.6 Å². The van der Waals surface area contributed by atoms with Crippen LogP contribution in [0.15, 0.2) is 53.1 Å². The first-order valence-corrected chi connectivity index (χ1v) is 6.40. The summed E-state index contributed by atoms with van der Waals surface area (Å²) in [5.74, 6) is -0.00615. The van der Waals surface area contributed by atoms with E-state index >= 15 is 0 Å². The van der Waals surface area contributed by atoms with Crippen molar-refractivity contribution >= 4 is 16.7 Å². The fraction of sp³-hybridized carbons (Fsp3) is 0.125. The van der Waals surface area contributed by atoms with Gasteiger partial charge in [-0.1, -0.05) is 36.4 Å². The number of fused-ring (bicyclic) bond motifs is 1. The normalized spacial score (nSPS) is 10.7. The Hall–Kier alpha value is -2.62. The summed E-state index contributed by atoms with van der Waals surface area (Å²) in [7, 11) is 0. The highest BCUT2D eigenvalue weighted by molar-refractivity contribution is 5.87. The minimum Gasteiger partial charge on any atom is -0.459 e. The number of esters is 1.